The summed E-state index contributed by atoms with van der Waals surface area (Å²) in [7, 11) is 1.68. The Hall–Kier alpha value is -0.680. The second-order valence-corrected chi connectivity index (χ2v) is 7.19. The summed E-state index contributed by atoms with van der Waals surface area (Å²) in [6.07, 6.45) is 5.31. The van der Waals surface area contributed by atoms with Crippen LogP contribution >= 0.6 is 27.7 Å². The van der Waals surface area contributed by atoms with E-state index in [1.165, 1.54) is 31.4 Å². The molecule has 1 aliphatic carbocycles. The van der Waals surface area contributed by atoms with E-state index in [9.17, 15) is 0 Å². The quantitative estimate of drug-likeness (QED) is 0.846. The number of fused-ring (bicyclic) bond motifs is 1. The number of thioether (sulfide) groups is 1. The summed E-state index contributed by atoms with van der Waals surface area (Å²) < 4.78 is 6.21. The number of nitrogens with one attached hydrogen (secondary N) is 1. The molecule has 0 saturated heterocycles. The number of benzene rings is 1. The molecule has 0 aromatic heterocycles. The topological polar surface area (TPSA) is 33.6 Å². The zero-order valence-corrected chi connectivity index (χ0v) is 14.0. The third kappa shape index (κ3) is 3.14. The number of aliphatic imine (C=N–C) groups is 1. The van der Waals surface area contributed by atoms with Crippen LogP contribution in [0.25, 0.3) is 0 Å². The smallest absolute Gasteiger partial charge is 0.161 e. The predicted octanol–water partition coefficient (Wildman–Crippen LogP) is 4.53. The summed E-state index contributed by atoms with van der Waals surface area (Å²) in [5, 5.41) is 4.49. The molecule has 2 aliphatic rings. The highest BCUT2D eigenvalue weighted by Crippen LogP contribution is 2.35. The minimum Gasteiger partial charge on any atom is -0.496 e. The average molecular weight is 355 g/mol. The molecule has 1 fully saturated rings. The maximum absolute atomic E-state index is 5.25. The third-order valence-corrected chi connectivity index (χ3v) is 5.68. The van der Waals surface area contributed by atoms with E-state index < -0.39 is 0 Å². The van der Waals surface area contributed by atoms with Crippen LogP contribution in [0.3, 0.4) is 0 Å². The number of hydrogen-bond acceptors (Lipinski definition) is 4. The van der Waals surface area contributed by atoms with Gasteiger partial charge in [-0.05, 0) is 52.9 Å². The van der Waals surface area contributed by atoms with Gasteiger partial charge in [-0.3, -0.25) is 4.99 Å². The SMILES string of the molecule is COc1ccc(NC2=NC3CCCCC3CS2)cc1Br. The molecule has 1 aromatic rings. The van der Waals surface area contributed by atoms with Crippen LogP contribution in [0.15, 0.2) is 27.7 Å². The van der Waals surface area contributed by atoms with Crippen molar-refractivity contribution in [2.45, 2.75) is 31.7 Å². The zero-order valence-electron chi connectivity index (χ0n) is 11.6. The van der Waals surface area contributed by atoms with Gasteiger partial charge in [-0.25, -0.2) is 0 Å². The minimum absolute atomic E-state index is 0.536. The summed E-state index contributed by atoms with van der Waals surface area (Å²) in [6, 6.07) is 6.56. The van der Waals surface area contributed by atoms with Gasteiger partial charge in [0, 0.05) is 11.4 Å². The van der Waals surface area contributed by atoms with Crippen molar-refractivity contribution in [1.29, 1.82) is 0 Å². The van der Waals surface area contributed by atoms with E-state index in [2.05, 4.69) is 21.2 Å². The van der Waals surface area contributed by atoms with E-state index in [0.717, 1.165) is 27.0 Å². The van der Waals surface area contributed by atoms with E-state index in [0.29, 0.717) is 6.04 Å². The van der Waals surface area contributed by atoms with E-state index in [-0.39, 0.29) is 0 Å². The Kier molecular flexibility index (Phi) is 4.56. The second-order valence-electron chi connectivity index (χ2n) is 5.33. The Morgan fingerprint density at radius 2 is 2.20 bits per heavy atom. The minimum atomic E-state index is 0.536. The molecule has 5 heteroatoms. The molecule has 1 N–H and O–H groups in total. The van der Waals surface area contributed by atoms with E-state index in [1.807, 2.05) is 30.0 Å². The van der Waals surface area contributed by atoms with E-state index in [4.69, 9.17) is 9.73 Å². The number of anilines is 1. The molecule has 0 bridgehead atoms. The van der Waals surface area contributed by atoms with Gasteiger partial charge in [-0.15, -0.1) is 0 Å². The first kappa shape index (κ1) is 14.3. The normalized spacial score (nSPS) is 25.6. The summed E-state index contributed by atoms with van der Waals surface area (Å²) in [5.41, 5.74) is 1.05. The number of nitrogens with zero attached hydrogens (tertiary/aromatic N) is 1. The van der Waals surface area contributed by atoms with Crippen LogP contribution < -0.4 is 10.1 Å². The molecule has 2 atom stereocenters. The van der Waals surface area contributed by atoms with Crippen LogP contribution in [-0.2, 0) is 0 Å². The van der Waals surface area contributed by atoms with Crippen LogP contribution in [0.2, 0.25) is 0 Å². The fourth-order valence-corrected chi connectivity index (χ4v) is 4.56. The van der Waals surface area contributed by atoms with Gasteiger partial charge in [0.05, 0.1) is 17.6 Å². The first-order valence-electron chi connectivity index (χ1n) is 7.07. The lowest BCUT2D eigenvalue weighted by Crippen LogP contribution is -2.31. The Bertz CT molecular complexity index is 521. The fourth-order valence-electron chi connectivity index (χ4n) is 2.86. The van der Waals surface area contributed by atoms with E-state index >= 15 is 0 Å². The molecule has 0 spiro atoms. The highest BCUT2D eigenvalue weighted by atomic mass is 79.9. The van der Waals surface area contributed by atoms with Crippen LogP contribution in [0.5, 0.6) is 5.75 Å². The van der Waals surface area contributed by atoms with Gasteiger partial charge in [0.15, 0.2) is 5.17 Å². The Balaban J connectivity index is 1.71. The monoisotopic (exact) mass is 354 g/mol. The van der Waals surface area contributed by atoms with Crippen molar-refractivity contribution in [2.24, 2.45) is 10.9 Å². The highest BCUT2D eigenvalue weighted by molar-refractivity contribution is 9.10. The molecule has 0 amide bonds. The second kappa shape index (κ2) is 6.39. The standard InChI is InChI=1S/C15H19BrN2OS/c1-19-14-7-6-11(8-12(14)16)17-15-18-13-5-3-2-4-10(13)9-20-15/h6-8,10,13H,2-5,9H2,1H3,(H,17,18). The Labute approximate surface area is 132 Å². The molecule has 3 rings (SSSR count). The molecule has 1 aromatic carbocycles. The van der Waals surface area contributed by atoms with Crippen LogP contribution in [-0.4, -0.2) is 24.1 Å². The third-order valence-electron chi connectivity index (χ3n) is 3.99. The van der Waals surface area contributed by atoms with Crippen molar-refractivity contribution < 1.29 is 4.74 Å². The lowest BCUT2D eigenvalue weighted by molar-refractivity contribution is 0.336. The molecule has 2 unspecified atom stereocenters. The van der Waals surface area contributed by atoms with E-state index in [1.54, 1.807) is 7.11 Å². The molecular weight excluding hydrogens is 336 g/mol. The van der Waals surface area contributed by atoms with Crippen molar-refractivity contribution in [1.82, 2.24) is 0 Å². The van der Waals surface area contributed by atoms with Crippen LogP contribution in [0.1, 0.15) is 25.7 Å². The molecular formula is C15H19BrN2OS. The number of hydrogen-bond donors (Lipinski definition) is 1. The van der Waals surface area contributed by atoms with Crippen LogP contribution in [0.4, 0.5) is 5.69 Å². The van der Waals surface area contributed by atoms with Crippen molar-refractivity contribution in [2.75, 3.05) is 18.2 Å². The van der Waals surface area contributed by atoms with Gasteiger partial charge in [-0.2, -0.15) is 0 Å². The molecule has 1 aliphatic heterocycles. The van der Waals surface area contributed by atoms with Gasteiger partial charge in [0.2, 0.25) is 0 Å². The highest BCUT2D eigenvalue weighted by Gasteiger charge is 2.29. The van der Waals surface area contributed by atoms with Crippen molar-refractivity contribution in [3.05, 3.63) is 22.7 Å². The van der Waals surface area contributed by atoms with Crippen LogP contribution in [0, 0.1) is 5.92 Å². The fraction of sp³-hybridized carbons (Fsp3) is 0.533. The molecule has 0 radical (unpaired) electrons. The lowest BCUT2D eigenvalue weighted by atomic mass is 9.86. The van der Waals surface area contributed by atoms with Crippen molar-refractivity contribution >= 4 is 38.5 Å². The number of halogens is 1. The first-order chi connectivity index (χ1) is 9.76. The summed E-state index contributed by atoms with van der Waals surface area (Å²) in [4.78, 5) is 4.89. The van der Waals surface area contributed by atoms with Gasteiger partial charge in [0.25, 0.3) is 0 Å². The summed E-state index contributed by atoms with van der Waals surface area (Å²) in [6.45, 7) is 0. The zero-order chi connectivity index (χ0) is 13.9. The maximum atomic E-state index is 5.25. The molecule has 108 valence electrons. The maximum Gasteiger partial charge on any atom is 0.161 e. The number of methoxy groups -OCH3 is 1. The molecule has 1 saturated carbocycles. The molecule has 20 heavy (non-hydrogen) atoms. The van der Waals surface area contributed by atoms with Gasteiger partial charge >= 0.3 is 0 Å². The number of rotatable bonds is 2. The Morgan fingerprint density at radius 1 is 1.35 bits per heavy atom. The summed E-state index contributed by atoms with van der Waals surface area (Å²) in [5.74, 6) is 2.84. The first-order valence-corrected chi connectivity index (χ1v) is 8.85. The molecule has 3 nitrogen and oxygen atoms in total. The van der Waals surface area contributed by atoms with Gasteiger partial charge in [0.1, 0.15) is 5.75 Å². The predicted molar refractivity (Wildman–Crippen MR) is 90.0 cm³/mol. The number of amidine groups is 1. The average Bonchev–Trinajstić information content (AvgIpc) is 2.47. The number of ether oxygens (including phenoxy) is 1. The summed E-state index contributed by atoms with van der Waals surface area (Å²) >= 11 is 5.37. The van der Waals surface area contributed by atoms with Gasteiger partial charge < -0.3 is 10.1 Å². The lowest BCUT2D eigenvalue weighted by Gasteiger charge is -2.32. The van der Waals surface area contributed by atoms with Crippen molar-refractivity contribution in [3.63, 3.8) is 0 Å². The largest absolute Gasteiger partial charge is 0.496 e. The molecule has 1 heterocycles. The Morgan fingerprint density at radius 3 is 3.00 bits per heavy atom. The van der Waals surface area contributed by atoms with Crippen molar-refractivity contribution in [3.8, 4) is 5.75 Å². The van der Waals surface area contributed by atoms with Gasteiger partial charge in [-0.1, -0.05) is 24.6 Å².